The number of nitriles is 1. The lowest BCUT2D eigenvalue weighted by molar-refractivity contribution is -0.120. The first-order chi connectivity index (χ1) is 11.6. The van der Waals surface area contributed by atoms with Crippen molar-refractivity contribution in [2.75, 3.05) is 5.32 Å². The van der Waals surface area contributed by atoms with E-state index in [4.69, 9.17) is 5.26 Å². The van der Waals surface area contributed by atoms with Gasteiger partial charge in [0.15, 0.2) is 0 Å². The van der Waals surface area contributed by atoms with Crippen LogP contribution in [0.3, 0.4) is 0 Å². The van der Waals surface area contributed by atoms with Crippen LogP contribution >= 0.6 is 0 Å². The zero-order valence-corrected chi connectivity index (χ0v) is 13.0. The van der Waals surface area contributed by atoms with Gasteiger partial charge in [0.05, 0.1) is 12.0 Å². The average Bonchev–Trinajstić information content (AvgIpc) is 3.40. The van der Waals surface area contributed by atoms with Gasteiger partial charge in [-0.25, -0.2) is 4.98 Å². The lowest BCUT2D eigenvalue weighted by atomic mass is 10.1. The molecule has 0 unspecified atom stereocenters. The number of benzene rings is 1. The predicted molar refractivity (Wildman–Crippen MR) is 88.2 cm³/mol. The summed E-state index contributed by atoms with van der Waals surface area (Å²) in [6.45, 7) is 0. The van der Waals surface area contributed by atoms with E-state index in [0.29, 0.717) is 23.7 Å². The van der Waals surface area contributed by atoms with E-state index in [0.717, 1.165) is 18.4 Å². The maximum atomic E-state index is 12.1. The molecule has 1 aromatic heterocycles. The zero-order chi connectivity index (χ0) is 16.9. The Morgan fingerprint density at radius 1 is 1.17 bits per heavy atom. The lowest BCUT2D eigenvalue weighted by Crippen LogP contribution is -2.26. The zero-order valence-electron chi connectivity index (χ0n) is 13.0. The van der Waals surface area contributed by atoms with E-state index in [2.05, 4.69) is 15.6 Å². The molecule has 0 aliphatic heterocycles. The number of carbonyl (C=O) groups is 2. The average molecular weight is 320 g/mol. The summed E-state index contributed by atoms with van der Waals surface area (Å²) in [5, 5.41) is 14.4. The van der Waals surface area contributed by atoms with Crippen LogP contribution in [0.25, 0.3) is 0 Å². The van der Waals surface area contributed by atoms with Crippen molar-refractivity contribution in [1.82, 2.24) is 10.3 Å². The quantitative estimate of drug-likeness (QED) is 0.881. The minimum Gasteiger partial charge on any atom is -0.353 e. The molecule has 1 aliphatic rings. The first-order valence-electron chi connectivity index (χ1n) is 7.70. The molecule has 1 aliphatic carbocycles. The largest absolute Gasteiger partial charge is 0.353 e. The summed E-state index contributed by atoms with van der Waals surface area (Å²) in [7, 11) is 0. The number of hydrogen-bond acceptors (Lipinski definition) is 4. The van der Waals surface area contributed by atoms with Gasteiger partial charge in [-0.05, 0) is 42.7 Å². The highest BCUT2D eigenvalue weighted by molar-refractivity contribution is 6.04. The van der Waals surface area contributed by atoms with Gasteiger partial charge in [-0.3, -0.25) is 9.59 Å². The molecule has 0 spiro atoms. The molecule has 0 atom stereocenters. The Kier molecular flexibility index (Phi) is 4.52. The number of hydrogen-bond donors (Lipinski definition) is 2. The Labute approximate surface area is 139 Å². The molecule has 120 valence electrons. The van der Waals surface area contributed by atoms with Gasteiger partial charge < -0.3 is 10.6 Å². The van der Waals surface area contributed by atoms with Crippen LogP contribution in [0.15, 0.2) is 42.6 Å². The van der Waals surface area contributed by atoms with Gasteiger partial charge in [0.1, 0.15) is 11.8 Å². The Bertz CT molecular complexity index is 787. The third kappa shape index (κ3) is 4.17. The van der Waals surface area contributed by atoms with Gasteiger partial charge in [-0.15, -0.1) is 0 Å². The topological polar surface area (TPSA) is 94.9 Å². The molecular weight excluding hydrogens is 304 g/mol. The summed E-state index contributed by atoms with van der Waals surface area (Å²) in [4.78, 5) is 27.7. The normalized spacial score (nSPS) is 13.0. The van der Waals surface area contributed by atoms with E-state index in [9.17, 15) is 9.59 Å². The highest BCUT2D eigenvalue weighted by Crippen LogP contribution is 2.19. The molecule has 1 fully saturated rings. The minimum atomic E-state index is -0.300. The molecule has 6 heteroatoms. The molecular formula is C18H16N4O2. The molecule has 3 rings (SSSR count). The van der Waals surface area contributed by atoms with Gasteiger partial charge in [0, 0.05) is 17.9 Å². The molecule has 0 bridgehead atoms. The SMILES string of the molecule is N#Cc1ccc(C(=O)Nc2ccc(CC(=O)NC3CC3)cc2)cn1. The van der Waals surface area contributed by atoms with Crippen molar-refractivity contribution in [3.8, 4) is 6.07 Å². The van der Waals surface area contributed by atoms with Crippen LogP contribution in [-0.4, -0.2) is 22.8 Å². The molecule has 1 heterocycles. The van der Waals surface area contributed by atoms with Gasteiger partial charge >= 0.3 is 0 Å². The monoisotopic (exact) mass is 320 g/mol. The van der Waals surface area contributed by atoms with Crippen molar-refractivity contribution in [3.63, 3.8) is 0 Å². The molecule has 2 aromatic rings. The summed E-state index contributed by atoms with van der Waals surface area (Å²) < 4.78 is 0. The number of carbonyl (C=O) groups excluding carboxylic acids is 2. The van der Waals surface area contributed by atoms with Gasteiger partial charge in [-0.1, -0.05) is 12.1 Å². The first-order valence-corrected chi connectivity index (χ1v) is 7.70. The van der Waals surface area contributed by atoms with Gasteiger partial charge in [0.2, 0.25) is 5.91 Å². The van der Waals surface area contributed by atoms with Crippen molar-refractivity contribution in [2.45, 2.75) is 25.3 Å². The van der Waals surface area contributed by atoms with E-state index < -0.39 is 0 Å². The number of rotatable bonds is 5. The van der Waals surface area contributed by atoms with Crippen molar-refractivity contribution in [1.29, 1.82) is 5.26 Å². The van der Waals surface area contributed by atoms with Crippen LogP contribution in [0, 0.1) is 11.3 Å². The van der Waals surface area contributed by atoms with Gasteiger partial charge in [-0.2, -0.15) is 5.26 Å². The number of nitrogens with one attached hydrogen (secondary N) is 2. The van der Waals surface area contributed by atoms with E-state index >= 15 is 0 Å². The first kappa shape index (κ1) is 15.7. The Balaban J connectivity index is 1.57. The Morgan fingerprint density at radius 2 is 1.92 bits per heavy atom. The summed E-state index contributed by atoms with van der Waals surface area (Å²) in [6.07, 6.45) is 3.84. The number of pyridine rings is 1. The van der Waals surface area contributed by atoms with Gasteiger partial charge in [0.25, 0.3) is 5.91 Å². The second kappa shape index (κ2) is 6.92. The lowest BCUT2D eigenvalue weighted by Gasteiger charge is -2.07. The molecule has 2 amide bonds. The molecule has 1 aromatic carbocycles. The van der Waals surface area contributed by atoms with Crippen LogP contribution in [0.4, 0.5) is 5.69 Å². The Morgan fingerprint density at radius 3 is 2.50 bits per heavy atom. The van der Waals surface area contributed by atoms with Crippen LogP contribution in [0.5, 0.6) is 0 Å². The molecule has 0 radical (unpaired) electrons. The second-order valence-electron chi connectivity index (χ2n) is 5.71. The van der Waals surface area contributed by atoms with E-state index in [-0.39, 0.29) is 17.5 Å². The number of anilines is 1. The minimum absolute atomic E-state index is 0.0259. The van der Waals surface area contributed by atoms with E-state index in [1.54, 1.807) is 18.2 Å². The summed E-state index contributed by atoms with van der Waals surface area (Å²) >= 11 is 0. The fourth-order valence-electron chi connectivity index (χ4n) is 2.20. The number of aromatic nitrogens is 1. The Hall–Kier alpha value is -3.20. The van der Waals surface area contributed by atoms with Crippen LogP contribution < -0.4 is 10.6 Å². The number of amides is 2. The number of nitrogens with zero attached hydrogens (tertiary/aromatic N) is 2. The molecule has 0 saturated heterocycles. The third-order valence-corrected chi connectivity index (χ3v) is 3.66. The smallest absolute Gasteiger partial charge is 0.257 e. The van der Waals surface area contributed by atoms with Crippen molar-refractivity contribution < 1.29 is 9.59 Å². The summed E-state index contributed by atoms with van der Waals surface area (Å²) in [5.74, 6) is -0.274. The third-order valence-electron chi connectivity index (χ3n) is 3.66. The van der Waals surface area contributed by atoms with Crippen molar-refractivity contribution in [2.24, 2.45) is 0 Å². The van der Waals surface area contributed by atoms with Crippen LogP contribution in [0.2, 0.25) is 0 Å². The highest BCUT2D eigenvalue weighted by atomic mass is 16.2. The fraction of sp³-hybridized carbons (Fsp3) is 0.222. The van der Waals surface area contributed by atoms with Crippen LogP contribution in [0.1, 0.15) is 34.5 Å². The summed E-state index contributed by atoms with van der Waals surface area (Å²) in [5.41, 5.74) is 2.17. The fourth-order valence-corrected chi connectivity index (χ4v) is 2.20. The molecule has 6 nitrogen and oxygen atoms in total. The predicted octanol–water partition coefficient (Wildman–Crippen LogP) is 2.03. The van der Waals surface area contributed by atoms with E-state index in [1.807, 2.05) is 18.2 Å². The molecule has 1 saturated carbocycles. The summed E-state index contributed by atoms with van der Waals surface area (Å²) in [6, 6.07) is 12.5. The van der Waals surface area contributed by atoms with E-state index in [1.165, 1.54) is 12.3 Å². The standard InChI is InChI=1S/C18H16N4O2/c19-10-16-6-3-13(11-20-16)18(24)22-15-4-1-12(2-5-15)9-17(23)21-14-7-8-14/h1-6,11,14H,7-9H2,(H,21,23)(H,22,24). The maximum Gasteiger partial charge on any atom is 0.257 e. The maximum absolute atomic E-state index is 12.1. The van der Waals surface area contributed by atoms with Crippen LogP contribution in [-0.2, 0) is 11.2 Å². The highest BCUT2D eigenvalue weighted by Gasteiger charge is 2.23. The molecule has 2 N–H and O–H groups in total. The van der Waals surface area contributed by atoms with Crippen molar-refractivity contribution in [3.05, 3.63) is 59.4 Å². The van der Waals surface area contributed by atoms with Crippen molar-refractivity contribution >= 4 is 17.5 Å². The second-order valence-corrected chi connectivity index (χ2v) is 5.71. The molecule has 24 heavy (non-hydrogen) atoms.